The molecule has 1 atom stereocenters. The van der Waals surface area contributed by atoms with Gasteiger partial charge in [0.25, 0.3) is 10.0 Å². The Kier molecular flexibility index (Phi) is 6.18. The third kappa shape index (κ3) is 4.09. The molecule has 3 aromatic carbocycles. The van der Waals surface area contributed by atoms with E-state index >= 15 is 0 Å². The monoisotopic (exact) mass is 500 g/mol. The van der Waals surface area contributed by atoms with Crippen LogP contribution in [-0.2, 0) is 14.8 Å². The van der Waals surface area contributed by atoms with Gasteiger partial charge < -0.3 is 9.72 Å². The number of nitrogens with one attached hydrogen (secondary N) is 1. The highest BCUT2D eigenvalue weighted by Crippen LogP contribution is 2.48. The predicted molar refractivity (Wildman–Crippen MR) is 141 cm³/mol. The van der Waals surface area contributed by atoms with Crippen molar-refractivity contribution in [3.63, 3.8) is 0 Å². The Morgan fingerprint density at radius 1 is 1.03 bits per heavy atom. The van der Waals surface area contributed by atoms with Gasteiger partial charge in [-0.15, -0.1) is 0 Å². The number of methoxy groups -OCH3 is 1. The van der Waals surface area contributed by atoms with Crippen molar-refractivity contribution < 1.29 is 17.9 Å². The predicted octanol–water partition coefficient (Wildman–Crippen LogP) is 5.87. The van der Waals surface area contributed by atoms with Crippen molar-refractivity contribution >= 4 is 32.5 Å². The van der Waals surface area contributed by atoms with Gasteiger partial charge in [0.1, 0.15) is 0 Å². The fourth-order valence-corrected chi connectivity index (χ4v) is 6.35. The largest absolute Gasteiger partial charge is 0.465 e. The minimum absolute atomic E-state index is 0.0419. The standard InChI is InChI=1S/C29H28N2O4S/c1-19-9-12-22(13-10-19)36(33,34)31(2)27-16-14-23(28(27)20-7-5-4-6-8-20)25-18-30-26-15-11-21(17-24(25)26)29(32)35-3/h4-13,15,17-18,23,30H,14,16H2,1-3H3/t23-/m1/s1. The van der Waals surface area contributed by atoms with Crippen LogP contribution in [0.4, 0.5) is 0 Å². The Hall–Kier alpha value is -3.84. The van der Waals surface area contributed by atoms with Gasteiger partial charge >= 0.3 is 5.97 Å². The van der Waals surface area contributed by atoms with E-state index in [2.05, 4.69) is 4.98 Å². The summed E-state index contributed by atoms with van der Waals surface area (Å²) in [6.07, 6.45) is 3.33. The summed E-state index contributed by atoms with van der Waals surface area (Å²) in [4.78, 5) is 15.8. The molecule has 1 aliphatic rings. The molecule has 0 fully saturated rings. The van der Waals surface area contributed by atoms with Crippen molar-refractivity contribution in [3.05, 3.63) is 107 Å². The number of fused-ring (bicyclic) bond motifs is 1. The number of allylic oxidation sites excluding steroid dienone is 2. The molecule has 0 saturated carbocycles. The van der Waals surface area contributed by atoms with Crippen LogP contribution < -0.4 is 0 Å². The van der Waals surface area contributed by atoms with E-state index in [1.165, 1.54) is 11.4 Å². The molecule has 0 radical (unpaired) electrons. The van der Waals surface area contributed by atoms with Crippen molar-refractivity contribution in [2.24, 2.45) is 0 Å². The van der Waals surface area contributed by atoms with E-state index in [0.29, 0.717) is 12.0 Å². The Morgan fingerprint density at radius 2 is 1.75 bits per heavy atom. The molecule has 0 bridgehead atoms. The van der Waals surface area contributed by atoms with Gasteiger partial charge in [-0.25, -0.2) is 13.2 Å². The quantitative estimate of drug-likeness (QED) is 0.336. The average molecular weight is 501 g/mol. The molecule has 36 heavy (non-hydrogen) atoms. The summed E-state index contributed by atoms with van der Waals surface area (Å²) in [7, 11) is -0.721. The lowest BCUT2D eigenvalue weighted by Gasteiger charge is -2.24. The summed E-state index contributed by atoms with van der Waals surface area (Å²) < 4.78 is 33.6. The molecule has 0 aliphatic heterocycles. The third-order valence-electron chi connectivity index (χ3n) is 6.98. The number of hydrogen-bond donors (Lipinski definition) is 1. The van der Waals surface area contributed by atoms with Gasteiger partial charge in [-0.2, -0.15) is 0 Å². The SMILES string of the molecule is COC(=O)c1ccc2[nH]cc([C@H]3CCC(N(C)S(=O)(=O)c4ccc(C)cc4)=C3c3ccccc3)c2c1. The van der Waals surface area contributed by atoms with Crippen LogP contribution >= 0.6 is 0 Å². The molecule has 4 aromatic rings. The summed E-state index contributed by atoms with van der Waals surface area (Å²) in [5.41, 5.74) is 6.19. The van der Waals surface area contributed by atoms with E-state index < -0.39 is 10.0 Å². The first-order chi connectivity index (χ1) is 17.3. The summed E-state index contributed by atoms with van der Waals surface area (Å²) in [6, 6.07) is 22.3. The normalized spacial score (nSPS) is 15.9. The van der Waals surface area contributed by atoms with E-state index in [1.54, 1.807) is 25.2 Å². The first-order valence-electron chi connectivity index (χ1n) is 11.8. The second-order valence-electron chi connectivity index (χ2n) is 9.10. The Morgan fingerprint density at radius 3 is 2.44 bits per heavy atom. The highest BCUT2D eigenvalue weighted by molar-refractivity contribution is 7.89. The fourth-order valence-electron chi connectivity index (χ4n) is 5.07. The average Bonchev–Trinajstić information content (AvgIpc) is 3.52. The van der Waals surface area contributed by atoms with E-state index in [0.717, 1.165) is 45.3 Å². The zero-order valence-electron chi connectivity index (χ0n) is 20.5. The molecule has 7 heteroatoms. The van der Waals surface area contributed by atoms with Gasteiger partial charge in [0.2, 0.25) is 0 Å². The number of aromatic nitrogens is 1. The van der Waals surface area contributed by atoms with Crippen LogP contribution in [0.2, 0.25) is 0 Å². The van der Waals surface area contributed by atoms with E-state index in [9.17, 15) is 13.2 Å². The molecule has 1 heterocycles. The number of hydrogen-bond acceptors (Lipinski definition) is 4. The molecule has 0 amide bonds. The number of nitrogens with zero attached hydrogens (tertiary/aromatic N) is 1. The first-order valence-corrected chi connectivity index (χ1v) is 13.3. The molecule has 0 spiro atoms. The lowest BCUT2D eigenvalue weighted by atomic mass is 9.88. The lowest BCUT2D eigenvalue weighted by molar-refractivity contribution is 0.0601. The number of H-pyrrole nitrogens is 1. The Balaban J connectivity index is 1.65. The number of carbonyl (C=O) groups excluding carboxylic acids is 1. The van der Waals surface area contributed by atoms with Crippen molar-refractivity contribution in [2.75, 3.05) is 14.2 Å². The van der Waals surface area contributed by atoms with Crippen molar-refractivity contribution in [1.82, 2.24) is 9.29 Å². The van der Waals surface area contributed by atoms with Crippen LogP contribution in [0.1, 0.15) is 45.8 Å². The van der Waals surface area contributed by atoms with Crippen LogP contribution in [0.3, 0.4) is 0 Å². The molecule has 1 aliphatic carbocycles. The summed E-state index contributed by atoms with van der Waals surface area (Å²) in [5, 5.41) is 0.932. The molecule has 0 unspecified atom stereocenters. The second kappa shape index (κ2) is 9.32. The maximum absolute atomic E-state index is 13.6. The molecule has 184 valence electrons. The fraction of sp³-hybridized carbons (Fsp3) is 0.207. The Bertz CT molecular complexity index is 1570. The molecule has 1 N–H and O–H groups in total. The van der Waals surface area contributed by atoms with Crippen molar-refractivity contribution in [3.8, 4) is 0 Å². The number of sulfonamides is 1. The molecule has 1 aromatic heterocycles. The Labute approximate surface area is 211 Å². The first kappa shape index (κ1) is 23.9. The highest BCUT2D eigenvalue weighted by atomic mass is 32.2. The van der Waals surface area contributed by atoms with E-state index in [-0.39, 0.29) is 16.8 Å². The number of ether oxygens (including phenoxy) is 1. The molecular formula is C29H28N2O4S. The number of carbonyl (C=O) groups is 1. The minimum atomic E-state index is -3.73. The van der Waals surface area contributed by atoms with Gasteiger partial charge in [-0.3, -0.25) is 4.31 Å². The maximum Gasteiger partial charge on any atom is 0.337 e. The molecule has 5 rings (SSSR count). The van der Waals surface area contributed by atoms with Crippen molar-refractivity contribution in [2.45, 2.75) is 30.6 Å². The number of aryl methyl sites for hydroxylation is 1. The zero-order valence-corrected chi connectivity index (χ0v) is 21.3. The van der Waals surface area contributed by atoms with Crippen LogP contribution in [0.15, 0.2) is 89.6 Å². The van der Waals surface area contributed by atoms with Crippen LogP contribution in [0, 0.1) is 6.92 Å². The number of benzene rings is 3. The molecule has 6 nitrogen and oxygen atoms in total. The molecular weight excluding hydrogens is 472 g/mol. The number of rotatable bonds is 6. The van der Waals surface area contributed by atoms with Crippen molar-refractivity contribution in [1.29, 1.82) is 0 Å². The number of aromatic amines is 1. The zero-order chi connectivity index (χ0) is 25.4. The maximum atomic E-state index is 13.6. The second-order valence-corrected chi connectivity index (χ2v) is 11.1. The summed E-state index contributed by atoms with van der Waals surface area (Å²) in [5.74, 6) is -0.432. The van der Waals surface area contributed by atoms with Gasteiger partial charge in [-0.05, 0) is 66.8 Å². The van der Waals surface area contributed by atoms with Crippen LogP contribution in [-0.4, -0.2) is 37.8 Å². The van der Waals surface area contributed by atoms with Crippen LogP contribution in [0.5, 0.6) is 0 Å². The van der Waals surface area contributed by atoms with Crippen LogP contribution in [0.25, 0.3) is 16.5 Å². The van der Waals surface area contributed by atoms with E-state index in [1.807, 2.05) is 67.7 Å². The smallest absolute Gasteiger partial charge is 0.337 e. The highest BCUT2D eigenvalue weighted by Gasteiger charge is 2.35. The van der Waals surface area contributed by atoms with Gasteiger partial charge in [0.05, 0.1) is 17.6 Å². The van der Waals surface area contributed by atoms with Gasteiger partial charge in [0.15, 0.2) is 0 Å². The van der Waals surface area contributed by atoms with Gasteiger partial charge in [-0.1, -0.05) is 48.0 Å². The summed E-state index contributed by atoms with van der Waals surface area (Å²) in [6.45, 7) is 1.94. The van der Waals surface area contributed by atoms with Gasteiger partial charge in [0, 0.05) is 35.8 Å². The van der Waals surface area contributed by atoms with E-state index in [4.69, 9.17) is 4.74 Å². The third-order valence-corrected chi connectivity index (χ3v) is 8.79. The summed E-state index contributed by atoms with van der Waals surface area (Å²) >= 11 is 0. The number of esters is 1. The molecule has 0 saturated heterocycles. The lowest BCUT2D eigenvalue weighted by Crippen LogP contribution is -2.26. The minimum Gasteiger partial charge on any atom is -0.465 e. The topological polar surface area (TPSA) is 79.5 Å².